The second-order valence-corrected chi connectivity index (χ2v) is 9.43. The molecule has 3 rings (SSSR count). The van der Waals surface area contributed by atoms with Crippen LogP contribution in [0.1, 0.15) is 22.6 Å². The van der Waals surface area contributed by atoms with E-state index in [-0.39, 0.29) is 11.7 Å². The fourth-order valence-electron chi connectivity index (χ4n) is 3.12. The molecule has 0 spiro atoms. The molecule has 0 aliphatic heterocycles. The molecule has 0 unspecified atom stereocenters. The molecule has 0 radical (unpaired) electrons. The van der Waals surface area contributed by atoms with Crippen molar-refractivity contribution in [2.24, 2.45) is 0 Å². The summed E-state index contributed by atoms with van der Waals surface area (Å²) in [6, 6.07) is 12.1. The fraction of sp³-hybridized carbons (Fsp3) is 0.250. The summed E-state index contributed by atoms with van der Waals surface area (Å²) >= 11 is 10.7. The van der Waals surface area contributed by atoms with Crippen LogP contribution in [0.25, 0.3) is 0 Å². The number of thioether (sulfide) groups is 1. The number of aryl methyl sites for hydroxylation is 1. The SMILES string of the molecule is C=CCn1c(CCCOc2ccc(Cl)cc2Br)nnc1SCC(=O)Nc1ccccc1C(=O)OC. The number of esters is 1. The zero-order valence-corrected chi connectivity index (χ0v) is 22.2. The monoisotopic (exact) mass is 578 g/mol. The molecule has 0 saturated carbocycles. The third kappa shape index (κ3) is 7.58. The van der Waals surface area contributed by atoms with Crippen molar-refractivity contribution in [2.45, 2.75) is 24.5 Å². The van der Waals surface area contributed by atoms with Gasteiger partial charge in [-0.05, 0) is 52.7 Å². The van der Waals surface area contributed by atoms with E-state index in [1.165, 1.54) is 18.9 Å². The van der Waals surface area contributed by atoms with E-state index >= 15 is 0 Å². The number of para-hydroxylation sites is 1. The molecule has 1 heterocycles. The number of nitrogens with zero attached hydrogens (tertiary/aromatic N) is 3. The minimum Gasteiger partial charge on any atom is -0.492 e. The predicted molar refractivity (Wildman–Crippen MR) is 140 cm³/mol. The van der Waals surface area contributed by atoms with Crippen molar-refractivity contribution in [3.63, 3.8) is 0 Å². The fourth-order valence-corrected chi connectivity index (χ4v) is 4.69. The highest BCUT2D eigenvalue weighted by molar-refractivity contribution is 9.10. The Morgan fingerprint density at radius 1 is 1.26 bits per heavy atom. The van der Waals surface area contributed by atoms with E-state index in [0.717, 1.165) is 22.5 Å². The Balaban J connectivity index is 1.56. The van der Waals surface area contributed by atoms with Crippen molar-refractivity contribution in [1.29, 1.82) is 0 Å². The third-order valence-corrected chi connectivity index (χ3v) is 6.56. The Bertz CT molecular complexity index is 1200. The second-order valence-electron chi connectivity index (χ2n) is 7.20. The van der Waals surface area contributed by atoms with Gasteiger partial charge in [-0.1, -0.05) is 41.6 Å². The molecular weight excluding hydrogens is 556 g/mol. The summed E-state index contributed by atoms with van der Waals surface area (Å²) in [4.78, 5) is 24.4. The molecule has 1 amide bonds. The molecule has 2 aromatic carbocycles. The Hall–Kier alpha value is -2.82. The van der Waals surface area contributed by atoms with E-state index in [1.54, 1.807) is 42.5 Å². The van der Waals surface area contributed by atoms with Gasteiger partial charge in [0.1, 0.15) is 11.6 Å². The van der Waals surface area contributed by atoms with Crippen LogP contribution < -0.4 is 10.1 Å². The van der Waals surface area contributed by atoms with Crippen LogP contribution in [-0.4, -0.2) is 46.1 Å². The molecule has 0 saturated heterocycles. The van der Waals surface area contributed by atoms with E-state index in [1.807, 2.05) is 10.6 Å². The Kier molecular flexibility index (Phi) is 10.2. The standard InChI is InChI=1S/C24H24BrClN4O4S/c1-3-12-30-21(9-6-13-34-20-11-10-16(26)14-18(20)25)28-29-24(30)35-15-22(31)27-19-8-5-4-7-17(19)23(32)33-2/h3-5,7-8,10-11,14H,1,6,9,12-13,15H2,2H3,(H,27,31). The lowest BCUT2D eigenvalue weighted by Gasteiger charge is -2.11. The van der Waals surface area contributed by atoms with E-state index in [4.69, 9.17) is 21.1 Å². The number of benzene rings is 2. The molecule has 11 heteroatoms. The molecule has 8 nitrogen and oxygen atoms in total. The maximum absolute atomic E-state index is 12.5. The summed E-state index contributed by atoms with van der Waals surface area (Å²) in [7, 11) is 1.30. The van der Waals surface area contributed by atoms with Crippen LogP contribution in [0.5, 0.6) is 5.75 Å². The highest BCUT2D eigenvalue weighted by Gasteiger charge is 2.16. The summed E-state index contributed by atoms with van der Waals surface area (Å²) in [6.45, 7) is 4.81. The van der Waals surface area contributed by atoms with Crippen molar-refractivity contribution in [1.82, 2.24) is 14.8 Å². The second kappa shape index (κ2) is 13.3. The first-order valence-electron chi connectivity index (χ1n) is 10.6. The zero-order valence-electron chi connectivity index (χ0n) is 19.0. The lowest BCUT2D eigenvalue weighted by atomic mass is 10.2. The number of amides is 1. The molecular formula is C24H24BrClN4O4S. The summed E-state index contributed by atoms with van der Waals surface area (Å²) in [5, 5.41) is 12.5. The van der Waals surface area contributed by atoms with E-state index in [9.17, 15) is 9.59 Å². The minimum absolute atomic E-state index is 0.0957. The number of anilines is 1. The lowest BCUT2D eigenvalue weighted by molar-refractivity contribution is -0.113. The summed E-state index contributed by atoms with van der Waals surface area (Å²) in [5.41, 5.74) is 0.684. The molecule has 1 N–H and O–H groups in total. The smallest absolute Gasteiger partial charge is 0.339 e. The van der Waals surface area contributed by atoms with Crippen LogP contribution in [0.15, 0.2) is 64.7 Å². The quantitative estimate of drug-likeness (QED) is 0.133. The molecule has 0 aliphatic carbocycles. The van der Waals surface area contributed by atoms with Gasteiger partial charge in [0, 0.05) is 18.0 Å². The molecule has 0 bridgehead atoms. The van der Waals surface area contributed by atoms with Gasteiger partial charge in [-0.2, -0.15) is 0 Å². The van der Waals surface area contributed by atoms with Gasteiger partial charge < -0.3 is 19.4 Å². The van der Waals surface area contributed by atoms with Crippen molar-refractivity contribution in [2.75, 3.05) is 24.8 Å². The van der Waals surface area contributed by atoms with Gasteiger partial charge >= 0.3 is 5.97 Å². The zero-order chi connectivity index (χ0) is 25.2. The number of methoxy groups -OCH3 is 1. The predicted octanol–water partition coefficient (Wildman–Crippen LogP) is 5.41. The van der Waals surface area contributed by atoms with Gasteiger partial charge in [-0.15, -0.1) is 16.8 Å². The van der Waals surface area contributed by atoms with Crippen molar-refractivity contribution >= 4 is 56.9 Å². The lowest BCUT2D eigenvalue weighted by Crippen LogP contribution is -2.17. The van der Waals surface area contributed by atoms with E-state index in [2.05, 4.69) is 38.0 Å². The number of allylic oxidation sites excluding steroid dienone is 1. The number of rotatable bonds is 12. The number of hydrogen-bond donors (Lipinski definition) is 1. The number of halogens is 2. The average Bonchev–Trinajstić information content (AvgIpc) is 3.23. The van der Waals surface area contributed by atoms with Crippen molar-refractivity contribution < 1.29 is 19.1 Å². The van der Waals surface area contributed by atoms with Gasteiger partial charge in [-0.3, -0.25) is 4.79 Å². The Morgan fingerprint density at radius 2 is 2.06 bits per heavy atom. The normalized spacial score (nSPS) is 10.6. The highest BCUT2D eigenvalue weighted by atomic mass is 79.9. The third-order valence-electron chi connectivity index (χ3n) is 4.74. The Labute approximate surface area is 221 Å². The van der Waals surface area contributed by atoms with Crippen LogP contribution in [0.4, 0.5) is 5.69 Å². The number of carbonyl (C=O) groups excluding carboxylic acids is 2. The summed E-state index contributed by atoms with van der Waals surface area (Å²) < 4.78 is 13.3. The first kappa shape index (κ1) is 26.8. The number of hydrogen-bond acceptors (Lipinski definition) is 7. The number of carbonyl (C=O) groups is 2. The summed E-state index contributed by atoms with van der Waals surface area (Å²) in [6.07, 6.45) is 3.12. The number of aromatic nitrogens is 3. The maximum Gasteiger partial charge on any atom is 0.339 e. The van der Waals surface area contributed by atoms with Gasteiger partial charge in [-0.25, -0.2) is 4.79 Å². The summed E-state index contributed by atoms with van der Waals surface area (Å²) in [5.74, 6) is 0.804. The van der Waals surface area contributed by atoms with Crippen LogP contribution in [-0.2, 0) is 22.5 Å². The maximum atomic E-state index is 12.5. The molecule has 0 fully saturated rings. The van der Waals surface area contributed by atoms with Crippen molar-refractivity contribution in [3.8, 4) is 5.75 Å². The molecule has 0 aliphatic rings. The largest absolute Gasteiger partial charge is 0.492 e. The molecule has 0 atom stereocenters. The van der Waals surface area contributed by atoms with Gasteiger partial charge in [0.15, 0.2) is 5.16 Å². The van der Waals surface area contributed by atoms with E-state index < -0.39 is 5.97 Å². The Morgan fingerprint density at radius 3 is 2.80 bits per heavy atom. The van der Waals surface area contributed by atoms with Gasteiger partial charge in [0.2, 0.25) is 5.91 Å². The number of nitrogens with one attached hydrogen (secondary N) is 1. The molecule has 35 heavy (non-hydrogen) atoms. The van der Waals surface area contributed by atoms with Gasteiger partial charge in [0.05, 0.1) is 35.2 Å². The first-order valence-corrected chi connectivity index (χ1v) is 12.8. The molecule has 1 aromatic heterocycles. The van der Waals surface area contributed by atoms with Crippen LogP contribution in [0.3, 0.4) is 0 Å². The van der Waals surface area contributed by atoms with Crippen LogP contribution in [0.2, 0.25) is 5.02 Å². The number of ether oxygens (including phenoxy) is 2. The molecule has 184 valence electrons. The highest BCUT2D eigenvalue weighted by Crippen LogP contribution is 2.28. The molecule has 3 aromatic rings. The minimum atomic E-state index is -0.517. The van der Waals surface area contributed by atoms with Crippen molar-refractivity contribution in [3.05, 3.63) is 76.0 Å². The van der Waals surface area contributed by atoms with Gasteiger partial charge in [0.25, 0.3) is 0 Å². The van der Waals surface area contributed by atoms with Crippen LogP contribution in [0, 0.1) is 0 Å². The van der Waals surface area contributed by atoms with Crippen LogP contribution >= 0.6 is 39.3 Å². The topological polar surface area (TPSA) is 95.3 Å². The first-order chi connectivity index (χ1) is 16.9. The average molecular weight is 580 g/mol. The van der Waals surface area contributed by atoms with E-state index in [0.29, 0.717) is 41.0 Å².